The summed E-state index contributed by atoms with van der Waals surface area (Å²) >= 11 is 1.64. The number of nitrogens with zero attached hydrogens (tertiary/aromatic N) is 3. The van der Waals surface area contributed by atoms with E-state index in [2.05, 4.69) is 10.4 Å². The molecule has 106 valence electrons. The van der Waals surface area contributed by atoms with Gasteiger partial charge in [0.05, 0.1) is 6.33 Å². The summed E-state index contributed by atoms with van der Waals surface area (Å²) in [4.78, 5) is 18.1. The first kappa shape index (κ1) is 13.6. The molecule has 3 aromatic rings. The minimum Gasteiger partial charge on any atom is -0.337 e. The number of amides is 1. The van der Waals surface area contributed by atoms with Crippen LogP contribution in [0.4, 0.5) is 0 Å². The van der Waals surface area contributed by atoms with Crippen LogP contribution in [0.2, 0.25) is 0 Å². The zero-order chi connectivity index (χ0) is 14.7. The monoisotopic (exact) mass is 297 g/mol. The fourth-order valence-electron chi connectivity index (χ4n) is 2.14. The standard InChI is InChI=1S/C16H15N3OS/c1-18(10-13-6-9-21-11-13)16(20)14-2-4-15(5-3-14)19-8-7-17-12-19/h2-9,11-12H,10H2,1H3. The van der Waals surface area contributed by atoms with Crippen molar-refractivity contribution in [3.05, 3.63) is 70.9 Å². The molecular weight excluding hydrogens is 282 g/mol. The highest BCUT2D eigenvalue weighted by Crippen LogP contribution is 2.13. The van der Waals surface area contributed by atoms with Crippen molar-refractivity contribution in [3.8, 4) is 5.69 Å². The first-order valence-corrected chi connectivity index (χ1v) is 7.53. The van der Waals surface area contributed by atoms with E-state index >= 15 is 0 Å². The maximum absolute atomic E-state index is 12.4. The second-order valence-electron chi connectivity index (χ2n) is 4.81. The summed E-state index contributed by atoms with van der Waals surface area (Å²) in [5, 5.41) is 4.08. The number of hydrogen-bond acceptors (Lipinski definition) is 3. The Morgan fingerprint density at radius 3 is 2.71 bits per heavy atom. The molecule has 0 saturated heterocycles. The van der Waals surface area contributed by atoms with Gasteiger partial charge in [0.2, 0.25) is 0 Å². The normalized spacial score (nSPS) is 10.5. The van der Waals surface area contributed by atoms with Gasteiger partial charge >= 0.3 is 0 Å². The first-order valence-electron chi connectivity index (χ1n) is 6.59. The summed E-state index contributed by atoms with van der Waals surface area (Å²) in [6.07, 6.45) is 5.34. The van der Waals surface area contributed by atoms with Crippen molar-refractivity contribution in [3.63, 3.8) is 0 Å². The number of aromatic nitrogens is 2. The highest BCUT2D eigenvalue weighted by atomic mass is 32.1. The van der Waals surface area contributed by atoms with Gasteiger partial charge in [0.25, 0.3) is 5.91 Å². The van der Waals surface area contributed by atoms with Crippen LogP contribution in [-0.4, -0.2) is 27.4 Å². The molecule has 2 aromatic heterocycles. The van der Waals surface area contributed by atoms with E-state index in [1.807, 2.05) is 53.5 Å². The zero-order valence-corrected chi connectivity index (χ0v) is 12.5. The molecule has 0 radical (unpaired) electrons. The fourth-order valence-corrected chi connectivity index (χ4v) is 2.80. The van der Waals surface area contributed by atoms with E-state index in [-0.39, 0.29) is 5.91 Å². The Balaban J connectivity index is 1.72. The predicted molar refractivity (Wildman–Crippen MR) is 83.7 cm³/mol. The third-order valence-electron chi connectivity index (χ3n) is 3.26. The van der Waals surface area contributed by atoms with Gasteiger partial charge < -0.3 is 9.47 Å². The Hall–Kier alpha value is -2.40. The van der Waals surface area contributed by atoms with E-state index in [0.717, 1.165) is 11.3 Å². The summed E-state index contributed by atoms with van der Waals surface area (Å²) < 4.78 is 1.91. The number of hydrogen-bond donors (Lipinski definition) is 0. The first-order chi connectivity index (χ1) is 10.2. The van der Waals surface area contributed by atoms with Crippen LogP contribution in [0, 0.1) is 0 Å². The van der Waals surface area contributed by atoms with E-state index in [1.54, 1.807) is 28.8 Å². The lowest BCUT2D eigenvalue weighted by atomic mass is 10.1. The van der Waals surface area contributed by atoms with Crippen molar-refractivity contribution in [2.24, 2.45) is 0 Å². The summed E-state index contributed by atoms with van der Waals surface area (Å²) in [6, 6.07) is 9.58. The third-order valence-corrected chi connectivity index (χ3v) is 4.00. The molecule has 4 nitrogen and oxygen atoms in total. The summed E-state index contributed by atoms with van der Waals surface area (Å²) in [5.41, 5.74) is 2.84. The number of thiophene rings is 1. The van der Waals surface area contributed by atoms with Crippen molar-refractivity contribution < 1.29 is 4.79 Å². The van der Waals surface area contributed by atoms with Crippen LogP contribution in [0.25, 0.3) is 5.69 Å². The molecule has 5 heteroatoms. The lowest BCUT2D eigenvalue weighted by molar-refractivity contribution is 0.0785. The van der Waals surface area contributed by atoms with Gasteiger partial charge in [-0.1, -0.05) is 0 Å². The second-order valence-corrected chi connectivity index (χ2v) is 5.59. The molecule has 3 rings (SSSR count). The molecule has 0 spiro atoms. The molecule has 0 unspecified atom stereocenters. The van der Waals surface area contributed by atoms with Gasteiger partial charge in [-0.25, -0.2) is 4.98 Å². The third kappa shape index (κ3) is 3.03. The molecule has 21 heavy (non-hydrogen) atoms. The van der Waals surface area contributed by atoms with Gasteiger partial charge in [-0.15, -0.1) is 0 Å². The van der Waals surface area contributed by atoms with Crippen LogP contribution in [-0.2, 0) is 6.54 Å². The van der Waals surface area contributed by atoms with E-state index in [4.69, 9.17) is 0 Å². The molecule has 0 aliphatic heterocycles. The Morgan fingerprint density at radius 1 is 1.29 bits per heavy atom. The van der Waals surface area contributed by atoms with Crippen LogP contribution in [0.1, 0.15) is 15.9 Å². The van der Waals surface area contributed by atoms with Crippen LogP contribution in [0.15, 0.2) is 59.8 Å². The molecule has 0 N–H and O–H groups in total. The minimum atomic E-state index is 0.0263. The Bertz CT molecular complexity index is 703. The van der Waals surface area contributed by atoms with E-state index in [9.17, 15) is 4.79 Å². The highest BCUT2D eigenvalue weighted by Gasteiger charge is 2.12. The molecule has 0 atom stereocenters. The van der Waals surface area contributed by atoms with Gasteiger partial charge in [0, 0.05) is 37.2 Å². The van der Waals surface area contributed by atoms with E-state index in [0.29, 0.717) is 12.1 Å². The lowest BCUT2D eigenvalue weighted by Crippen LogP contribution is -2.25. The van der Waals surface area contributed by atoms with Crippen LogP contribution in [0.5, 0.6) is 0 Å². The number of carbonyl (C=O) groups excluding carboxylic acids is 1. The molecular formula is C16H15N3OS. The van der Waals surface area contributed by atoms with Crippen LogP contribution < -0.4 is 0 Å². The van der Waals surface area contributed by atoms with Gasteiger partial charge in [-0.2, -0.15) is 11.3 Å². The molecule has 0 bridgehead atoms. The quantitative estimate of drug-likeness (QED) is 0.741. The molecule has 1 amide bonds. The topological polar surface area (TPSA) is 38.1 Å². The molecule has 1 aromatic carbocycles. The fraction of sp³-hybridized carbons (Fsp3) is 0.125. The van der Waals surface area contributed by atoms with Gasteiger partial charge in [0.15, 0.2) is 0 Å². The zero-order valence-electron chi connectivity index (χ0n) is 11.6. The molecule has 0 aliphatic carbocycles. The summed E-state index contributed by atoms with van der Waals surface area (Å²) in [6.45, 7) is 0.631. The SMILES string of the molecule is CN(Cc1ccsc1)C(=O)c1ccc(-n2ccnc2)cc1. The van der Waals surface area contributed by atoms with Crippen molar-refractivity contribution in [1.29, 1.82) is 0 Å². The molecule has 0 fully saturated rings. The number of imidazole rings is 1. The largest absolute Gasteiger partial charge is 0.337 e. The van der Waals surface area contributed by atoms with Gasteiger partial charge in [-0.05, 0) is 46.7 Å². The van der Waals surface area contributed by atoms with Crippen molar-refractivity contribution >= 4 is 17.2 Å². The number of benzene rings is 1. The van der Waals surface area contributed by atoms with Gasteiger partial charge in [0.1, 0.15) is 0 Å². The molecule has 2 heterocycles. The second kappa shape index (κ2) is 5.93. The smallest absolute Gasteiger partial charge is 0.253 e. The average Bonchev–Trinajstić information content (AvgIpc) is 3.20. The van der Waals surface area contributed by atoms with Gasteiger partial charge in [-0.3, -0.25) is 4.79 Å². The Kier molecular flexibility index (Phi) is 3.83. The Morgan fingerprint density at radius 2 is 2.10 bits per heavy atom. The highest BCUT2D eigenvalue weighted by molar-refractivity contribution is 7.07. The Labute approximate surface area is 127 Å². The average molecular weight is 297 g/mol. The summed E-state index contributed by atoms with van der Waals surface area (Å²) in [7, 11) is 1.82. The minimum absolute atomic E-state index is 0.0263. The number of carbonyl (C=O) groups is 1. The van der Waals surface area contributed by atoms with Crippen molar-refractivity contribution in [2.75, 3.05) is 7.05 Å². The summed E-state index contributed by atoms with van der Waals surface area (Å²) in [5.74, 6) is 0.0263. The van der Waals surface area contributed by atoms with Crippen LogP contribution in [0.3, 0.4) is 0 Å². The van der Waals surface area contributed by atoms with E-state index < -0.39 is 0 Å². The maximum Gasteiger partial charge on any atom is 0.253 e. The number of rotatable bonds is 4. The van der Waals surface area contributed by atoms with Crippen LogP contribution >= 0.6 is 11.3 Å². The predicted octanol–water partition coefficient (Wildman–Crippen LogP) is 3.21. The maximum atomic E-state index is 12.4. The van der Waals surface area contributed by atoms with E-state index in [1.165, 1.54) is 0 Å². The molecule has 0 saturated carbocycles. The molecule has 0 aliphatic rings. The van der Waals surface area contributed by atoms with Crippen molar-refractivity contribution in [2.45, 2.75) is 6.54 Å². The van der Waals surface area contributed by atoms with Crippen molar-refractivity contribution in [1.82, 2.24) is 14.5 Å². The lowest BCUT2D eigenvalue weighted by Gasteiger charge is -2.16.